The molecule has 8 heteroatoms. The fourth-order valence-corrected chi connectivity index (χ4v) is 5.13. The fraction of sp³-hybridized carbons (Fsp3) is 0.222. The Kier molecular flexibility index (Phi) is 6.72. The van der Waals surface area contributed by atoms with Crippen molar-refractivity contribution < 1.29 is 9.53 Å². The number of rotatable bonds is 7. The number of aryl methyl sites for hydroxylation is 1. The second kappa shape index (κ2) is 10.2. The number of nitrogens with zero attached hydrogens (tertiary/aromatic N) is 3. The highest BCUT2D eigenvalue weighted by atomic mass is 32.2. The number of thioether (sulfide) groups is 1. The summed E-state index contributed by atoms with van der Waals surface area (Å²) in [5.74, 6) is 1.41. The summed E-state index contributed by atoms with van der Waals surface area (Å²) in [4.78, 5) is 13.5. The fourth-order valence-electron chi connectivity index (χ4n) is 4.05. The minimum atomic E-state index is -0.459. The van der Waals surface area contributed by atoms with E-state index in [0.29, 0.717) is 17.6 Å². The number of benzene rings is 3. The SMILES string of the molecule is CCOc1ccc([C@H]2Nn3c(nnc3-c3ccccc3)S[C@@H]2C(=O)Nc2ccc(CC)cc2)cc1. The van der Waals surface area contributed by atoms with Crippen molar-refractivity contribution >= 4 is 23.4 Å². The number of hydrogen-bond acceptors (Lipinski definition) is 6. The predicted octanol–water partition coefficient (Wildman–Crippen LogP) is 5.30. The molecule has 1 aliphatic rings. The number of fused-ring (bicyclic) bond motifs is 1. The van der Waals surface area contributed by atoms with E-state index in [0.717, 1.165) is 29.0 Å². The molecule has 0 fully saturated rings. The average molecular weight is 486 g/mol. The van der Waals surface area contributed by atoms with Crippen molar-refractivity contribution in [2.75, 3.05) is 17.3 Å². The highest BCUT2D eigenvalue weighted by Crippen LogP contribution is 2.39. The van der Waals surface area contributed by atoms with Gasteiger partial charge in [-0.25, -0.2) is 4.68 Å². The number of carbonyl (C=O) groups excluding carboxylic acids is 1. The van der Waals surface area contributed by atoms with Crippen LogP contribution in [0, 0.1) is 0 Å². The maximum atomic E-state index is 13.5. The van der Waals surface area contributed by atoms with Gasteiger partial charge in [-0.2, -0.15) is 0 Å². The van der Waals surface area contributed by atoms with Gasteiger partial charge in [0.25, 0.3) is 0 Å². The molecule has 0 aliphatic carbocycles. The van der Waals surface area contributed by atoms with E-state index in [4.69, 9.17) is 4.74 Å². The van der Waals surface area contributed by atoms with Gasteiger partial charge in [-0.15, -0.1) is 10.2 Å². The number of nitrogens with one attached hydrogen (secondary N) is 2. The monoisotopic (exact) mass is 485 g/mol. The third-order valence-electron chi connectivity index (χ3n) is 5.91. The zero-order chi connectivity index (χ0) is 24.2. The summed E-state index contributed by atoms with van der Waals surface area (Å²) in [6, 6.07) is 25.4. The van der Waals surface area contributed by atoms with Gasteiger partial charge in [-0.1, -0.05) is 73.3 Å². The molecular weight excluding hydrogens is 458 g/mol. The Balaban J connectivity index is 1.47. The Morgan fingerprint density at radius 3 is 2.43 bits per heavy atom. The lowest BCUT2D eigenvalue weighted by Crippen LogP contribution is -2.41. The molecule has 0 saturated heterocycles. The van der Waals surface area contributed by atoms with Crippen LogP contribution in [0.1, 0.15) is 31.0 Å². The number of hydrogen-bond donors (Lipinski definition) is 2. The molecule has 0 saturated carbocycles. The van der Waals surface area contributed by atoms with Gasteiger partial charge in [0.2, 0.25) is 11.1 Å². The Bertz CT molecular complexity index is 1290. The topological polar surface area (TPSA) is 81.1 Å². The maximum Gasteiger partial charge on any atom is 0.240 e. The molecule has 0 spiro atoms. The summed E-state index contributed by atoms with van der Waals surface area (Å²) < 4.78 is 7.49. The Morgan fingerprint density at radius 1 is 1.00 bits per heavy atom. The maximum absolute atomic E-state index is 13.5. The van der Waals surface area contributed by atoms with Crippen molar-refractivity contribution in [3.63, 3.8) is 0 Å². The third kappa shape index (κ3) is 4.88. The highest BCUT2D eigenvalue weighted by molar-refractivity contribution is 8.00. The van der Waals surface area contributed by atoms with Crippen LogP contribution in [0.4, 0.5) is 5.69 Å². The summed E-state index contributed by atoms with van der Waals surface area (Å²) in [7, 11) is 0. The van der Waals surface area contributed by atoms with Crippen LogP contribution >= 0.6 is 11.8 Å². The Morgan fingerprint density at radius 2 is 1.74 bits per heavy atom. The van der Waals surface area contributed by atoms with Crippen LogP contribution in [0.2, 0.25) is 0 Å². The number of aromatic nitrogens is 3. The lowest BCUT2D eigenvalue weighted by molar-refractivity contribution is -0.116. The van der Waals surface area contributed by atoms with Gasteiger partial charge in [-0.3, -0.25) is 4.79 Å². The minimum absolute atomic E-state index is 0.0962. The quantitative estimate of drug-likeness (QED) is 0.370. The first-order chi connectivity index (χ1) is 17.2. The van der Waals surface area contributed by atoms with Crippen molar-refractivity contribution in [2.45, 2.75) is 36.7 Å². The van der Waals surface area contributed by atoms with Crippen LogP contribution in [0.25, 0.3) is 11.4 Å². The molecule has 35 heavy (non-hydrogen) atoms. The van der Waals surface area contributed by atoms with Crippen molar-refractivity contribution in [3.8, 4) is 17.1 Å². The zero-order valence-electron chi connectivity index (χ0n) is 19.6. The molecule has 1 amide bonds. The smallest absolute Gasteiger partial charge is 0.240 e. The van der Waals surface area contributed by atoms with Crippen molar-refractivity contribution in [3.05, 3.63) is 90.0 Å². The molecule has 0 unspecified atom stereocenters. The first kappa shape index (κ1) is 23.0. The zero-order valence-corrected chi connectivity index (χ0v) is 20.5. The van der Waals surface area contributed by atoms with Gasteiger partial charge < -0.3 is 15.5 Å². The van der Waals surface area contributed by atoms with E-state index in [2.05, 4.69) is 27.9 Å². The summed E-state index contributed by atoms with van der Waals surface area (Å²) in [5, 5.41) is 12.1. The normalized spacial score (nSPS) is 16.7. The van der Waals surface area contributed by atoms with Gasteiger partial charge in [-0.05, 0) is 48.7 Å². The molecule has 7 nitrogen and oxygen atoms in total. The van der Waals surface area contributed by atoms with E-state index >= 15 is 0 Å². The van der Waals surface area contributed by atoms with Gasteiger partial charge in [0, 0.05) is 11.3 Å². The number of carbonyl (C=O) groups is 1. The molecule has 2 N–H and O–H groups in total. The standard InChI is InChI=1S/C27H27N5O2S/c1-3-18-10-14-21(15-11-18)28-26(33)24-23(19-12-16-22(17-13-19)34-4-2)31-32-25(29-30-27(32)35-24)20-8-6-5-7-9-20/h5-17,23-24,31H,3-4H2,1-2H3,(H,28,33)/t23-,24+/m1/s1. The van der Waals surface area contributed by atoms with Gasteiger partial charge in [0.05, 0.1) is 12.6 Å². The largest absolute Gasteiger partial charge is 0.494 e. The van der Waals surface area contributed by atoms with E-state index in [9.17, 15) is 4.79 Å². The Hall–Kier alpha value is -3.78. The minimum Gasteiger partial charge on any atom is -0.494 e. The lowest BCUT2D eigenvalue weighted by atomic mass is 10.0. The number of ether oxygens (including phenoxy) is 1. The number of amides is 1. The molecular formula is C27H27N5O2S. The summed E-state index contributed by atoms with van der Waals surface area (Å²) in [6.45, 7) is 4.67. The second-order valence-corrected chi connectivity index (χ2v) is 9.30. The molecule has 1 aromatic heterocycles. The van der Waals surface area contributed by atoms with Crippen molar-refractivity contribution in [1.82, 2.24) is 14.9 Å². The van der Waals surface area contributed by atoms with Crippen LogP contribution < -0.4 is 15.5 Å². The predicted molar refractivity (Wildman–Crippen MR) is 139 cm³/mol. The average Bonchev–Trinajstić information content (AvgIpc) is 3.32. The Labute approximate surface area is 208 Å². The molecule has 4 aromatic rings. The van der Waals surface area contributed by atoms with Crippen molar-refractivity contribution in [2.24, 2.45) is 0 Å². The molecule has 0 radical (unpaired) electrons. The first-order valence-electron chi connectivity index (χ1n) is 11.7. The van der Waals surface area contributed by atoms with Crippen LogP contribution in [0.5, 0.6) is 5.75 Å². The molecule has 2 atom stereocenters. The molecule has 3 aromatic carbocycles. The summed E-state index contributed by atoms with van der Waals surface area (Å²) >= 11 is 1.41. The summed E-state index contributed by atoms with van der Waals surface area (Å²) in [6.07, 6.45) is 0.954. The van der Waals surface area contributed by atoms with Crippen LogP contribution in [-0.2, 0) is 11.2 Å². The molecule has 178 valence electrons. The lowest BCUT2D eigenvalue weighted by Gasteiger charge is -2.33. The van der Waals surface area contributed by atoms with E-state index in [-0.39, 0.29) is 11.9 Å². The van der Waals surface area contributed by atoms with Crippen molar-refractivity contribution in [1.29, 1.82) is 0 Å². The van der Waals surface area contributed by atoms with Crippen LogP contribution in [0.15, 0.2) is 84.0 Å². The number of anilines is 1. The third-order valence-corrected chi connectivity index (χ3v) is 7.12. The van der Waals surface area contributed by atoms with Crippen LogP contribution in [-0.4, -0.2) is 32.6 Å². The van der Waals surface area contributed by atoms with Crippen LogP contribution in [0.3, 0.4) is 0 Å². The molecule has 5 rings (SSSR count). The van der Waals surface area contributed by atoms with E-state index in [1.807, 2.05) is 90.5 Å². The van der Waals surface area contributed by atoms with E-state index < -0.39 is 5.25 Å². The van der Waals surface area contributed by atoms with E-state index in [1.54, 1.807) is 0 Å². The second-order valence-electron chi connectivity index (χ2n) is 8.19. The molecule has 1 aliphatic heterocycles. The van der Waals surface area contributed by atoms with Gasteiger partial charge >= 0.3 is 0 Å². The highest BCUT2D eigenvalue weighted by Gasteiger charge is 2.38. The molecule has 0 bridgehead atoms. The van der Waals surface area contributed by atoms with Gasteiger partial charge in [0.1, 0.15) is 11.0 Å². The van der Waals surface area contributed by atoms with E-state index in [1.165, 1.54) is 17.3 Å². The first-order valence-corrected chi connectivity index (χ1v) is 12.6. The van der Waals surface area contributed by atoms with Gasteiger partial charge in [0.15, 0.2) is 5.82 Å². The molecule has 2 heterocycles. The summed E-state index contributed by atoms with van der Waals surface area (Å²) in [5.41, 5.74) is 7.44.